The van der Waals surface area contributed by atoms with E-state index in [-0.39, 0.29) is 60.8 Å². The number of hydrogen-bond acceptors (Lipinski definition) is 15. The molecule has 0 unspecified atom stereocenters. The molecule has 1 aliphatic rings. The summed E-state index contributed by atoms with van der Waals surface area (Å²) >= 11 is 0. The number of amides is 5. The minimum atomic E-state index is -1.08. The minimum Gasteiger partial charge on any atom is -0.449 e. The van der Waals surface area contributed by atoms with Gasteiger partial charge in [-0.15, -0.1) is 20.4 Å². The number of aromatic nitrogens is 4. The van der Waals surface area contributed by atoms with E-state index in [2.05, 4.69) is 71.2 Å². The number of nitrogens with two attached hydrogens (primary N) is 1. The SMILES string of the molecule is C[C@@H](CCCCNC(=O)OC(C)(C)C)c1nnc([C@@H](N)CC(=O)NC(c2ccccc2)(c2ccccc2)c2ccccc2)o1.C[C@@H](CCCCNC(=O)OC(C)(C)C)c1nnc([C@H](CC(=O)NC(c2ccccc2)(c2ccccc2)c2ccccc2)NC(=O)OCC2c3ccccc3-c3ccccc32)o1. The fourth-order valence-corrected chi connectivity index (χ4v) is 13.1. The van der Waals surface area contributed by atoms with Gasteiger partial charge in [0.05, 0.1) is 18.9 Å². The molecule has 0 bridgehead atoms. The normalized spacial score (nSPS) is 13.2. The molecule has 0 radical (unpaired) electrons. The summed E-state index contributed by atoms with van der Waals surface area (Å²) in [5, 5.41) is 32.3. The molecule has 0 spiro atoms. The molecular weight excluding hydrogens is 1320 g/mol. The molecule has 0 saturated heterocycles. The molecule has 10 aromatic rings. The number of hydrogen-bond donors (Lipinski definition) is 6. The monoisotopic (exact) mass is 1420 g/mol. The third kappa shape index (κ3) is 20.3. The van der Waals surface area contributed by atoms with Crippen LogP contribution in [0, 0.1) is 0 Å². The van der Waals surface area contributed by atoms with E-state index in [1.165, 1.54) is 0 Å². The van der Waals surface area contributed by atoms with Crippen molar-refractivity contribution in [1.29, 1.82) is 0 Å². The Bertz CT molecular complexity index is 4180. The Labute approximate surface area is 615 Å². The van der Waals surface area contributed by atoms with Crippen molar-refractivity contribution in [3.63, 3.8) is 0 Å². The molecule has 2 heterocycles. The van der Waals surface area contributed by atoms with E-state index >= 15 is 0 Å². The van der Waals surface area contributed by atoms with Gasteiger partial charge in [0.1, 0.15) is 34.9 Å². The molecule has 0 fully saturated rings. The van der Waals surface area contributed by atoms with Crippen LogP contribution >= 0.6 is 0 Å². The number of carbonyl (C=O) groups excluding carboxylic acids is 5. The maximum absolute atomic E-state index is 14.6. The average Bonchev–Trinajstić information content (AvgIpc) is 1.53. The van der Waals surface area contributed by atoms with E-state index in [4.69, 9.17) is 28.8 Å². The van der Waals surface area contributed by atoms with E-state index in [0.717, 1.165) is 87.7 Å². The van der Waals surface area contributed by atoms with Crippen molar-refractivity contribution in [3.8, 4) is 11.1 Å². The molecule has 7 N–H and O–H groups in total. The van der Waals surface area contributed by atoms with E-state index < -0.39 is 52.6 Å². The Balaban J connectivity index is 0.000000238. The molecule has 11 rings (SSSR count). The number of rotatable bonds is 29. The lowest BCUT2D eigenvalue weighted by Gasteiger charge is -2.37. The maximum Gasteiger partial charge on any atom is 0.407 e. The van der Waals surface area contributed by atoms with Gasteiger partial charge in [-0.25, -0.2) is 14.4 Å². The first-order chi connectivity index (χ1) is 50.6. The van der Waals surface area contributed by atoms with Crippen molar-refractivity contribution in [2.75, 3.05) is 19.7 Å². The van der Waals surface area contributed by atoms with Crippen LogP contribution in [0.25, 0.3) is 11.1 Å². The van der Waals surface area contributed by atoms with Gasteiger partial charge in [0, 0.05) is 30.8 Å². The van der Waals surface area contributed by atoms with Crippen LogP contribution in [0.2, 0.25) is 0 Å². The van der Waals surface area contributed by atoms with E-state index in [0.29, 0.717) is 31.3 Å². The summed E-state index contributed by atoms with van der Waals surface area (Å²) in [7, 11) is 0. The largest absolute Gasteiger partial charge is 0.449 e. The fraction of sp³-hybridized carbons (Fsp3) is 0.329. The molecule has 20 heteroatoms. The van der Waals surface area contributed by atoms with Crippen LogP contribution < -0.4 is 32.3 Å². The van der Waals surface area contributed by atoms with Crippen LogP contribution in [0.1, 0.15) is 205 Å². The lowest BCUT2D eigenvalue weighted by molar-refractivity contribution is -0.123. The second-order valence-corrected chi connectivity index (χ2v) is 28.4. The molecule has 5 amide bonds. The van der Waals surface area contributed by atoms with Crippen LogP contribution in [-0.2, 0) is 34.9 Å². The summed E-state index contributed by atoms with van der Waals surface area (Å²) < 4.78 is 28.7. The Morgan fingerprint density at radius 2 is 0.743 bits per heavy atom. The summed E-state index contributed by atoms with van der Waals surface area (Å²) in [6, 6.07) is 73.7. The zero-order valence-corrected chi connectivity index (χ0v) is 61.1. The van der Waals surface area contributed by atoms with Crippen molar-refractivity contribution in [2.24, 2.45) is 5.73 Å². The highest BCUT2D eigenvalue weighted by Crippen LogP contribution is 2.45. The van der Waals surface area contributed by atoms with Gasteiger partial charge in [0.2, 0.25) is 35.4 Å². The van der Waals surface area contributed by atoms with Crippen LogP contribution in [0.3, 0.4) is 0 Å². The molecule has 546 valence electrons. The maximum atomic E-state index is 14.6. The summed E-state index contributed by atoms with van der Waals surface area (Å²) in [6.07, 6.45) is 2.78. The Kier molecular flexibility index (Phi) is 26.0. The molecule has 0 aliphatic heterocycles. The lowest BCUT2D eigenvalue weighted by atomic mass is 9.77. The smallest absolute Gasteiger partial charge is 0.407 e. The van der Waals surface area contributed by atoms with Gasteiger partial charge in [0.25, 0.3) is 0 Å². The Hall–Kier alpha value is -11.3. The summed E-state index contributed by atoms with van der Waals surface area (Å²) in [5.41, 5.74) is 13.1. The van der Waals surface area contributed by atoms with Crippen molar-refractivity contribution < 1.29 is 47.0 Å². The van der Waals surface area contributed by atoms with Crippen LogP contribution in [-0.4, -0.2) is 81.4 Å². The first-order valence-corrected chi connectivity index (χ1v) is 36.0. The summed E-state index contributed by atoms with van der Waals surface area (Å²) in [6.45, 7) is 16.0. The van der Waals surface area contributed by atoms with E-state index in [1.54, 1.807) is 0 Å². The summed E-state index contributed by atoms with van der Waals surface area (Å²) in [4.78, 5) is 66.0. The number of fused-ring (bicyclic) bond motifs is 3. The lowest BCUT2D eigenvalue weighted by Crippen LogP contribution is -2.48. The first kappa shape index (κ1) is 76.4. The number of carbonyl (C=O) groups is 5. The van der Waals surface area contributed by atoms with Crippen molar-refractivity contribution >= 4 is 30.1 Å². The molecular formula is C85H96N10O10. The Morgan fingerprint density at radius 1 is 0.419 bits per heavy atom. The van der Waals surface area contributed by atoms with Gasteiger partial charge in [-0.3, -0.25) is 9.59 Å². The molecule has 4 atom stereocenters. The Morgan fingerprint density at radius 3 is 1.11 bits per heavy atom. The number of nitrogens with zero attached hydrogens (tertiary/aromatic N) is 4. The van der Waals surface area contributed by atoms with Crippen LogP contribution in [0.15, 0.2) is 239 Å². The number of benzene rings is 8. The van der Waals surface area contributed by atoms with Gasteiger partial charge < -0.3 is 55.4 Å². The van der Waals surface area contributed by atoms with E-state index in [1.807, 2.05) is 262 Å². The highest BCUT2D eigenvalue weighted by Gasteiger charge is 2.41. The van der Waals surface area contributed by atoms with Gasteiger partial charge in [-0.05, 0) is 123 Å². The predicted octanol–water partition coefficient (Wildman–Crippen LogP) is 16.3. The zero-order chi connectivity index (χ0) is 74.4. The zero-order valence-electron chi connectivity index (χ0n) is 61.1. The third-order valence-electron chi connectivity index (χ3n) is 18.2. The van der Waals surface area contributed by atoms with Crippen molar-refractivity contribution in [1.82, 2.24) is 47.0 Å². The molecule has 1 aliphatic carbocycles. The van der Waals surface area contributed by atoms with Crippen molar-refractivity contribution in [2.45, 2.75) is 159 Å². The average molecular weight is 1420 g/mol. The minimum absolute atomic E-state index is 0.000643. The number of unbranched alkanes of at least 4 members (excludes halogenated alkanes) is 2. The van der Waals surface area contributed by atoms with Gasteiger partial charge in [-0.2, -0.15) is 0 Å². The van der Waals surface area contributed by atoms with Gasteiger partial charge >= 0.3 is 18.3 Å². The molecule has 20 nitrogen and oxygen atoms in total. The molecule has 2 aromatic heterocycles. The number of ether oxygens (including phenoxy) is 3. The van der Waals surface area contributed by atoms with Gasteiger partial charge in [0.15, 0.2) is 0 Å². The van der Waals surface area contributed by atoms with Crippen LogP contribution in [0.5, 0.6) is 0 Å². The topological polar surface area (TPSA) is 277 Å². The highest BCUT2D eigenvalue weighted by atomic mass is 16.6. The van der Waals surface area contributed by atoms with Gasteiger partial charge in [-0.1, -0.05) is 257 Å². The molecule has 105 heavy (non-hydrogen) atoms. The molecule has 8 aromatic carbocycles. The van der Waals surface area contributed by atoms with Crippen LogP contribution in [0.4, 0.5) is 14.4 Å². The third-order valence-corrected chi connectivity index (χ3v) is 18.2. The first-order valence-electron chi connectivity index (χ1n) is 36.0. The number of alkyl carbamates (subject to hydrolysis) is 3. The second kappa shape index (κ2) is 35.8. The summed E-state index contributed by atoms with van der Waals surface area (Å²) in [5.74, 6) is 0.253. The predicted molar refractivity (Wildman–Crippen MR) is 403 cm³/mol. The second-order valence-electron chi connectivity index (χ2n) is 28.4. The number of nitrogens with one attached hydrogen (secondary N) is 5. The highest BCUT2D eigenvalue weighted by molar-refractivity contribution is 5.82. The quantitative estimate of drug-likeness (QED) is 0.0144. The fourth-order valence-electron chi connectivity index (χ4n) is 13.1. The van der Waals surface area contributed by atoms with Crippen molar-refractivity contribution in [3.05, 3.63) is 299 Å². The standard InChI is InChI=1S/C50H53N5O6.C35H43N5O4/c1-34(20-18-19-31-51-47(57)61-49(2,3)4)45-54-55-46(60-45)43(52-48(58)59-33-42-40-29-16-14-27-38(40)39-28-15-17-30-41(39)42)32-44(56)53-50(35-21-8-5-9-22-35,36-23-10-6-11-24-36)37-25-12-7-13-26-37;1-25(16-14-15-23-37-33(42)44-34(2,3)4)31-39-40-32(43-31)29(36)24-30(41)38-35(26-17-8-5-9-18-26,27-19-10-6-11-20-27)28-21-12-7-13-22-28/h5-17,21-30,34,42-43H,18-20,31-33H2,1-4H3,(H,51,57)(H,52,58)(H,53,56);5-13,17-22,25,29H,14-16,23-24,36H2,1-4H3,(H,37,42)(H,38,41)/t34-,43-;25-,29-/m00/s1. The molecule has 0 saturated carbocycles. The van der Waals surface area contributed by atoms with E-state index in [9.17, 15) is 24.0 Å².